The molecule has 3 aromatic rings. The molecule has 5 nitrogen and oxygen atoms in total. The zero-order valence-corrected chi connectivity index (χ0v) is 26.7. The maximum atomic E-state index is 12.8. The number of nitrogens with one attached hydrogen (secondary N) is 1. The van der Waals surface area contributed by atoms with E-state index in [2.05, 4.69) is 22.3 Å². The SMILES string of the molecule is CCCCCCCCCCCCCCOc1ccc(CC(=O)Nc2ccccc2C[n+]2ccsc2)cc1OC.[Br-]. The number of para-hydroxylation sites is 1. The van der Waals surface area contributed by atoms with Crippen LogP contribution in [0.5, 0.6) is 11.5 Å². The lowest BCUT2D eigenvalue weighted by molar-refractivity contribution is -0.683. The second-order valence-electron chi connectivity index (χ2n) is 10.3. The third-order valence-electron chi connectivity index (χ3n) is 7.02. The van der Waals surface area contributed by atoms with Crippen LogP contribution < -0.4 is 36.3 Å². The van der Waals surface area contributed by atoms with Crippen LogP contribution in [0.2, 0.25) is 0 Å². The Morgan fingerprint density at radius 3 is 2.20 bits per heavy atom. The monoisotopic (exact) mass is 630 g/mol. The summed E-state index contributed by atoms with van der Waals surface area (Å²) in [6, 6.07) is 13.7. The summed E-state index contributed by atoms with van der Waals surface area (Å²) in [6.07, 6.45) is 18.2. The van der Waals surface area contributed by atoms with Gasteiger partial charge in [0.1, 0.15) is 0 Å². The van der Waals surface area contributed by atoms with Crippen LogP contribution in [0.25, 0.3) is 0 Å². The van der Waals surface area contributed by atoms with E-state index in [9.17, 15) is 4.79 Å². The Kier molecular flexibility index (Phi) is 17.3. The first-order valence-electron chi connectivity index (χ1n) is 14.8. The van der Waals surface area contributed by atoms with Crippen LogP contribution in [0.1, 0.15) is 95.1 Å². The van der Waals surface area contributed by atoms with Gasteiger partial charge in [-0.15, -0.1) is 0 Å². The summed E-state index contributed by atoms with van der Waals surface area (Å²) in [7, 11) is 1.65. The van der Waals surface area contributed by atoms with E-state index < -0.39 is 0 Å². The molecule has 1 aromatic heterocycles. The number of methoxy groups -OCH3 is 1. The lowest BCUT2D eigenvalue weighted by Gasteiger charge is -2.13. The van der Waals surface area contributed by atoms with E-state index in [1.54, 1.807) is 18.4 Å². The third-order valence-corrected chi connectivity index (χ3v) is 7.69. The number of aromatic nitrogens is 1. The van der Waals surface area contributed by atoms with Crippen LogP contribution in [-0.4, -0.2) is 19.6 Å². The number of thiazole rings is 1. The molecule has 1 amide bonds. The molecule has 40 heavy (non-hydrogen) atoms. The molecule has 0 aliphatic heterocycles. The molecule has 7 heteroatoms. The summed E-state index contributed by atoms with van der Waals surface area (Å²) in [5, 5.41) is 5.12. The van der Waals surface area contributed by atoms with E-state index in [1.807, 2.05) is 54.0 Å². The molecule has 0 saturated carbocycles. The van der Waals surface area contributed by atoms with Crippen molar-refractivity contribution < 1.29 is 35.8 Å². The average molecular weight is 632 g/mol. The second-order valence-corrected chi connectivity index (χ2v) is 11.1. The number of rotatable bonds is 20. The Balaban J connectivity index is 0.00000560. The minimum absolute atomic E-state index is 0. The molecule has 1 heterocycles. The van der Waals surface area contributed by atoms with Crippen LogP contribution in [-0.2, 0) is 17.8 Å². The van der Waals surface area contributed by atoms with Crippen molar-refractivity contribution in [3.8, 4) is 11.5 Å². The minimum atomic E-state index is -0.0509. The first-order chi connectivity index (χ1) is 19.2. The number of unbranched alkanes of at least 4 members (excludes halogenated alkanes) is 11. The molecule has 0 spiro atoms. The summed E-state index contributed by atoms with van der Waals surface area (Å²) in [4.78, 5) is 12.8. The number of carbonyl (C=O) groups is 1. The number of nitrogens with zero attached hydrogens (tertiary/aromatic N) is 1. The molecule has 0 aliphatic carbocycles. The summed E-state index contributed by atoms with van der Waals surface area (Å²) in [5.74, 6) is 1.36. The van der Waals surface area contributed by atoms with Gasteiger partial charge in [-0.25, -0.2) is 0 Å². The van der Waals surface area contributed by atoms with Crippen molar-refractivity contribution in [2.24, 2.45) is 0 Å². The first-order valence-corrected chi connectivity index (χ1v) is 15.7. The zero-order chi connectivity index (χ0) is 27.5. The molecule has 1 N–H and O–H groups in total. The predicted molar refractivity (Wildman–Crippen MR) is 162 cm³/mol. The highest BCUT2D eigenvalue weighted by Crippen LogP contribution is 2.29. The Hall–Kier alpha value is -2.38. The van der Waals surface area contributed by atoms with Crippen LogP contribution in [0.3, 0.4) is 0 Å². The molecule has 0 radical (unpaired) electrons. The van der Waals surface area contributed by atoms with Crippen LogP contribution in [0.4, 0.5) is 5.69 Å². The Bertz CT molecular complexity index is 1090. The van der Waals surface area contributed by atoms with Crippen molar-refractivity contribution in [1.82, 2.24) is 0 Å². The topological polar surface area (TPSA) is 51.4 Å². The maximum absolute atomic E-state index is 12.8. The summed E-state index contributed by atoms with van der Waals surface area (Å²) < 4.78 is 13.7. The number of carbonyl (C=O) groups excluding carboxylic acids is 1. The highest BCUT2D eigenvalue weighted by Gasteiger charge is 2.13. The van der Waals surface area contributed by atoms with E-state index >= 15 is 0 Å². The molecular weight excluding hydrogens is 584 g/mol. The molecule has 220 valence electrons. The van der Waals surface area contributed by atoms with E-state index in [1.165, 1.54) is 70.6 Å². The molecule has 3 rings (SSSR count). The number of hydrogen-bond donors (Lipinski definition) is 1. The van der Waals surface area contributed by atoms with Gasteiger partial charge >= 0.3 is 0 Å². The fourth-order valence-corrected chi connectivity index (χ4v) is 5.37. The predicted octanol–water partition coefficient (Wildman–Crippen LogP) is 5.36. The largest absolute Gasteiger partial charge is 1.00 e. The Morgan fingerprint density at radius 2 is 1.55 bits per heavy atom. The standard InChI is InChI=1S/C33H46N2O3S.BrH/c1-3-4-5-6-7-8-9-10-11-12-13-16-22-38-31-20-19-28(24-32(31)37-2)25-33(36)34-30-18-15-14-17-29(30)26-35-21-23-39-27-35;/h14-15,17-21,23-24,27H,3-13,16,22,25-26H2,1-2H3;1H. The van der Waals surface area contributed by atoms with Gasteiger partial charge in [0.25, 0.3) is 0 Å². The van der Waals surface area contributed by atoms with Gasteiger partial charge in [-0.05, 0) is 30.2 Å². The summed E-state index contributed by atoms with van der Waals surface area (Å²) >= 11 is 1.65. The molecule has 0 atom stereocenters. The molecule has 0 aliphatic rings. The normalized spacial score (nSPS) is 10.7. The van der Waals surface area contributed by atoms with E-state index in [-0.39, 0.29) is 29.3 Å². The fourth-order valence-electron chi connectivity index (χ4n) is 4.77. The number of anilines is 1. The number of halogens is 1. The van der Waals surface area contributed by atoms with Crippen molar-refractivity contribution in [2.45, 2.75) is 96.9 Å². The van der Waals surface area contributed by atoms with Crippen molar-refractivity contribution in [3.05, 3.63) is 70.7 Å². The van der Waals surface area contributed by atoms with Gasteiger partial charge in [-0.2, -0.15) is 4.57 Å². The first kappa shape index (κ1) is 33.8. The number of amides is 1. The van der Waals surface area contributed by atoms with Gasteiger partial charge in [-0.3, -0.25) is 4.79 Å². The number of ether oxygens (including phenoxy) is 2. The molecule has 2 aromatic carbocycles. The summed E-state index contributed by atoms with van der Waals surface area (Å²) in [6.45, 7) is 3.68. The van der Waals surface area contributed by atoms with E-state index in [4.69, 9.17) is 9.47 Å². The van der Waals surface area contributed by atoms with Gasteiger partial charge in [0.15, 0.2) is 24.2 Å². The van der Waals surface area contributed by atoms with Crippen molar-refractivity contribution in [3.63, 3.8) is 0 Å². The van der Waals surface area contributed by atoms with E-state index in [0.717, 1.165) is 35.5 Å². The molecule has 0 bridgehead atoms. The van der Waals surface area contributed by atoms with Crippen molar-refractivity contribution in [2.75, 3.05) is 19.0 Å². The molecule has 0 saturated heterocycles. The lowest BCUT2D eigenvalue weighted by atomic mass is 10.1. The van der Waals surface area contributed by atoms with Gasteiger partial charge in [0, 0.05) is 5.56 Å². The van der Waals surface area contributed by atoms with Gasteiger partial charge in [0.05, 0.1) is 31.2 Å². The highest BCUT2D eigenvalue weighted by atomic mass is 79.9. The Labute approximate surface area is 256 Å². The van der Waals surface area contributed by atoms with Crippen LogP contribution in [0.15, 0.2) is 59.6 Å². The molecule has 0 fully saturated rings. The quantitative estimate of drug-likeness (QED) is 0.135. The summed E-state index contributed by atoms with van der Waals surface area (Å²) in [5.41, 5.74) is 4.88. The molecule has 0 unspecified atom stereocenters. The Morgan fingerprint density at radius 1 is 0.875 bits per heavy atom. The molecular formula is C33H47BrN2O3S. The number of benzene rings is 2. The van der Waals surface area contributed by atoms with Crippen molar-refractivity contribution >= 4 is 22.9 Å². The lowest BCUT2D eigenvalue weighted by Crippen LogP contribution is -3.00. The maximum Gasteiger partial charge on any atom is 0.228 e. The van der Waals surface area contributed by atoms with Crippen molar-refractivity contribution in [1.29, 1.82) is 0 Å². The minimum Gasteiger partial charge on any atom is -1.00 e. The van der Waals surface area contributed by atoms with E-state index in [0.29, 0.717) is 12.4 Å². The smallest absolute Gasteiger partial charge is 0.228 e. The van der Waals surface area contributed by atoms with Gasteiger partial charge < -0.3 is 31.8 Å². The van der Waals surface area contributed by atoms with Gasteiger partial charge in [0.2, 0.25) is 11.4 Å². The van der Waals surface area contributed by atoms with Gasteiger partial charge in [-0.1, -0.05) is 113 Å². The fraction of sp³-hybridized carbons (Fsp3) is 0.515. The van der Waals surface area contributed by atoms with Crippen LogP contribution in [0, 0.1) is 0 Å². The number of hydrogen-bond acceptors (Lipinski definition) is 4. The average Bonchev–Trinajstić information content (AvgIpc) is 3.46. The second kappa shape index (κ2) is 20.5. The highest BCUT2D eigenvalue weighted by molar-refractivity contribution is 7.07. The zero-order valence-electron chi connectivity index (χ0n) is 24.3. The van der Waals surface area contributed by atoms with Crippen LogP contribution >= 0.6 is 11.3 Å². The third kappa shape index (κ3) is 12.9.